The molecule has 1 aromatic heterocycles. The number of hydrogen-bond donors (Lipinski definition) is 1. The van der Waals surface area contributed by atoms with Gasteiger partial charge in [-0.3, -0.25) is 4.79 Å². The molecule has 1 atom stereocenters. The fourth-order valence-electron chi connectivity index (χ4n) is 2.33. The molecule has 1 amide bonds. The highest BCUT2D eigenvalue weighted by atomic mass is 79.9. The molecular formula is C14H22BrN3OS. The molecule has 20 heavy (non-hydrogen) atoms. The van der Waals surface area contributed by atoms with Crippen molar-refractivity contribution in [3.63, 3.8) is 0 Å². The van der Waals surface area contributed by atoms with Crippen molar-refractivity contribution < 1.29 is 4.79 Å². The van der Waals surface area contributed by atoms with Crippen LogP contribution in [-0.4, -0.2) is 62.0 Å². The maximum atomic E-state index is 12.0. The van der Waals surface area contributed by atoms with Crippen LogP contribution in [0.2, 0.25) is 0 Å². The number of nitrogens with one attached hydrogen (secondary N) is 1. The molecule has 0 radical (unpaired) electrons. The highest BCUT2D eigenvalue weighted by molar-refractivity contribution is 9.11. The van der Waals surface area contributed by atoms with Crippen molar-refractivity contribution in [1.82, 2.24) is 15.1 Å². The van der Waals surface area contributed by atoms with E-state index in [0.29, 0.717) is 5.92 Å². The predicted molar refractivity (Wildman–Crippen MR) is 87.5 cm³/mol. The van der Waals surface area contributed by atoms with E-state index in [2.05, 4.69) is 45.0 Å². The number of hydrogen-bond acceptors (Lipinski definition) is 4. The highest BCUT2D eigenvalue weighted by Gasteiger charge is 2.17. The summed E-state index contributed by atoms with van der Waals surface area (Å²) < 4.78 is 0.994. The first-order chi connectivity index (χ1) is 9.54. The summed E-state index contributed by atoms with van der Waals surface area (Å²) >= 11 is 4.85. The van der Waals surface area contributed by atoms with Gasteiger partial charge in [0.05, 0.1) is 8.66 Å². The first-order valence-electron chi connectivity index (χ1n) is 6.99. The first-order valence-corrected chi connectivity index (χ1v) is 8.60. The van der Waals surface area contributed by atoms with Gasteiger partial charge >= 0.3 is 0 Å². The van der Waals surface area contributed by atoms with Crippen LogP contribution in [0.5, 0.6) is 0 Å². The zero-order chi connectivity index (χ0) is 14.5. The topological polar surface area (TPSA) is 35.6 Å². The smallest absolute Gasteiger partial charge is 0.261 e. The highest BCUT2D eigenvalue weighted by Crippen LogP contribution is 2.21. The minimum atomic E-state index is 0.0333. The van der Waals surface area contributed by atoms with E-state index in [4.69, 9.17) is 0 Å². The lowest BCUT2D eigenvalue weighted by molar-refractivity contribution is 0.0941. The van der Waals surface area contributed by atoms with Gasteiger partial charge in [-0.15, -0.1) is 11.3 Å². The molecular weight excluding hydrogens is 338 g/mol. The number of rotatable bonds is 5. The second-order valence-corrected chi connectivity index (χ2v) is 7.99. The Morgan fingerprint density at radius 2 is 2.10 bits per heavy atom. The average Bonchev–Trinajstić information content (AvgIpc) is 2.85. The minimum Gasteiger partial charge on any atom is -0.351 e. The number of thiophene rings is 1. The van der Waals surface area contributed by atoms with Crippen molar-refractivity contribution in [2.24, 2.45) is 5.92 Å². The molecule has 0 spiro atoms. The van der Waals surface area contributed by atoms with Gasteiger partial charge in [0.25, 0.3) is 5.91 Å². The van der Waals surface area contributed by atoms with Crippen LogP contribution in [0.3, 0.4) is 0 Å². The average molecular weight is 360 g/mol. The summed E-state index contributed by atoms with van der Waals surface area (Å²) in [6, 6.07) is 3.77. The summed E-state index contributed by atoms with van der Waals surface area (Å²) in [5.41, 5.74) is 0. The maximum absolute atomic E-state index is 12.0. The summed E-state index contributed by atoms with van der Waals surface area (Å²) in [5, 5.41) is 3.02. The molecule has 1 saturated heterocycles. The second kappa shape index (κ2) is 7.54. The van der Waals surface area contributed by atoms with Crippen LogP contribution in [0, 0.1) is 5.92 Å². The van der Waals surface area contributed by atoms with Gasteiger partial charge in [0, 0.05) is 39.3 Å². The Kier molecular flexibility index (Phi) is 6.01. The van der Waals surface area contributed by atoms with E-state index in [1.54, 1.807) is 0 Å². The minimum absolute atomic E-state index is 0.0333. The van der Waals surface area contributed by atoms with Crippen LogP contribution < -0.4 is 5.32 Å². The summed E-state index contributed by atoms with van der Waals surface area (Å²) in [4.78, 5) is 17.6. The molecule has 1 aliphatic rings. The van der Waals surface area contributed by atoms with Crippen LogP contribution in [0.25, 0.3) is 0 Å². The van der Waals surface area contributed by atoms with Gasteiger partial charge in [0.2, 0.25) is 0 Å². The number of halogens is 1. The summed E-state index contributed by atoms with van der Waals surface area (Å²) in [6.07, 6.45) is 0. The van der Waals surface area contributed by atoms with E-state index in [9.17, 15) is 4.79 Å². The van der Waals surface area contributed by atoms with Crippen molar-refractivity contribution in [3.05, 3.63) is 20.8 Å². The van der Waals surface area contributed by atoms with E-state index in [1.165, 1.54) is 11.3 Å². The van der Waals surface area contributed by atoms with Crippen molar-refractivity contribution >= 4 is 33.2 Å². The lowest BCUT2D eigenvalue weighted by Crippen LogP contribution is -2.46. The Bertz CT molecular complexity index is 443. The van der Waals surface area contributed by atoms with Gasteiger partial charge < -0.3 is 15.1 Å². The summed E-state index contributed by atoms with van der Waals surface area (Å²) in [7, 11) is 2.17. The van der Waals surface area contributed by atoms with Gasteiger partial charge in [0.1, 0.15) is 0 Å². The summed E-state index contributed by atoms with van der Waals surface area (Å²) in [5.74, 6) is 0.511. The van der Waals surface area contributed by atoms with Gasteiger partial charge in [-0.2, -0.15) is 0 Å². The molecule has 2 heterocycles. The lowest BCUT2D eigenvalue weighted by atomic mass is 10.1. The van der Waals surface area contributed by atoms with E-state index in [0.717, 1.165) is 47.9 Å². The molecule has 0 aromatic carbocycles. The van der Waals surface area contributed by atoms with Crippen LogP contribution >= 0.6 is 27.3 Å². The molecule has 1 N–H and O–H groups in total. The molecule has 0 bridgehead atoms. The molecule has 2 rings (SSSR count). The van der Waals surface area contributed by atoms with E-state index < -0.39 is 0 Å². The Balaban J connectivity index is 1.69. The van der Waals surface area contributed by atoms with Gasteiger partial charge in [-0.1, -0.05) is 6.92 Å². The molecule has 1 aromatic rings. The first kappa shape index (κ1) is 15.9. The SMILES string of the molecule is CC(CNC(=O)c1ccc(Br)s1)CN1CCN(C)CC1. The zero-order valence-corrected chi connectivity index (χ0v) is 14.5. The van der Waals surface area contributed by atoms with E-state index in [1.807, 2.05) is 12.1 Å². The Morgan fingerprint density at radius 1 is 1.40 bits per heavy atom. The summed E-state index contributed by atoms with van der Waals surface area (Å²) in [6.45, 7) is 8.54. The van der Waals surface area contributed by atoms with Crippen molar-refractivity contribution in [1.29, 1.82) is 0 Å². The van der Waals surface area contributed by atoms with E-state index in [-0.39, 0.29) is 5.91 Å². The van der Waals surface area contributed by atoms with Crippen LogP contribution in [0.4, 0.5) is 0 Å². The number of carbonyl (C=O) groups excluding carboxylic acids is 1. The Labute approximate surface area is 133 Å². The Hall–Kier alpha value is -0.430. The monoisotopic (exact) mass is 359 g/mol. The molecule has 112 valence electrons. The van der Waals surface area contributed by atoms with Crippen LogP contribution in [0.15, 0.2) is 15.9 Å². The number of nitrogens with zero attached hydrogens (tertiary/aromatic N) is 2. The number of likely N-dealkylation sites (N-methyl/N-ethyl adjacent to an activating group) is 1. The van der Waals surface area contributed by atoms with Gasteiger partial charge in [0.15, 0.2) is 0 Å². The lowest BCUT2D eigenvalue weighted by Gasteiger charge is -2.33. The van der Waals surface area contributed by atoms with Crippen molar-refractivity contribution in [3.8, 4) is 0 Å². The fraction of sp³-hybridized carbons (Fsp3) is 0.643. The fourth-order valence-corrected chi connectivity index (χ4v) is 3.63. The second-order valence-electron chi connectivity index (χ2n) is 5.52. The molecule has 1 aliphatic heterocycles. The van der Waals surface area contributed by atoms with E-state index >= 15 is 0 Å². The number of piperazine rings is 1. The third-order valence-electron chi connectivity index (χ3n) is 3.57. The van der Waals surface area contributed by atoms with Crippen LogP contribution in [-0.2, 0) is 0 Å². The molecule has 6 heteroatoms. The quantitative estimate of drug-likeness (QED) is 0.874. The largest absolute Gasteiger partial charge is 0.351 e. The molecule has 0 aliphatic carbocycles. The van der Waals surface area contributed by atoms with Gasteiger partial charge in [-0.25, -0.2) is 0 Å². The van der Waals surface area contributed by atoms with Crippen molar-refractivity contribution in [2.75, 3.05) is 46.3 Å². The van der Waals surface area contributed by atoms with Gasteiger partial charge in [-0.05, 0) is 41.0 Å². The zero-order valence-electron chi connectivity index (χ0n) is 12.1. The molecule has 1 fully saturated rings. The molecule has 0 saturated carbocycles. The molecule has 4 nitrogen and oxygen atoms in total. The number of carbonyl (C=O) groups is 1. The van der Waals surface area contributed by atoms with Crippen molar-refractivity contribution in [2.45, 2.75) is 6.92 Å². The predicted octanol–water partition coefficient (Wildman–Crippen LogP) is 2.12. The maximum Gasteiger partial charge on any atom is 0.261 e. The Morgan fingerprint density at radius 3 is 2.70 bits per heavy atom. The van der Waals surface area contributed by atoms with Crippen LogP contribution in [0.1, 0.15) is 16.6 Å². The standard InChI is InChI=1S/C14H22BrN3OS/c1-11(10-18-7-5-17(2)6-8-18)9-16-14(19)12-3-4-13(15)20-12/h3-4,11H,5-10H2,1-2H3,(H,16,19). The number of amides is 1. The third-order valence-corrected chi connectivity index (χ3v) is 5.20. The third kappa shape index (κ3) is 4.84. The molecule has 1 unspecified atom stereocenters. The normalized spacial score (nSPS) is 18.9.